The van der Waals surface area contributed by atoms with Gasteiger partial charge < -0.3 is 20.7 Å². The number of hydrogen-bond donors (Lipinski definition) is 3. The van der Waals surface area contributed by atoms with Gasteiger partial charge in [-0.2, -0.15) is 4.98 Å². The van der Waals surface area contributed by atoms with Crippen molar-refractivity contribution in [2.45, 2.75) is 35.6 Å². The fourth-order valence-corrected chi connectivity index (χ4v) is 3.93. The fourth-order valence-electron chi connectivity index (χ4n) is 2.99. The summed E-state index contributed by atoms with van der Waals surface area (Å²) in [6.45, 7) is -0.237. The van der Waals surface area contributed by atoms with Gasteiger partial charge in [0.1, 0.15) is 22.9 Å². The van der Waals surface area contributed by atoms with Gasteiger partial charge in [0.25, 0.3) is 0 Å². The summed E-state index contributed by atoms with van der Waals surface area (Å²) in [6.07, 6.45) is 0.181. The molecule has 1 aliphatic rings. The molecule has 0 spiro atoms. The van der Waals surface area contributed by atoms with Crippen LogP contribution in [0.4, 0.5) is 5.95 Å². The third-order valence-corrected chi connectivity index (χ3v) is 5.36. The van der Waals surface area contributed by atoms with E-state index in [1.165, 1.54) is 5.56 Å². The quantitative estimate of drug-likeness (QED) is 0.453. The smallest absolute Gasteiger partial charge is 0.223 e. The molecule has 4 rings (SSSR count). The number of imidazole rings is 1. The van der Waals surface area contributed by atoms with Gasteiger partial charge in [-0.15, -0.1) is 0 Å². The van der Waals surface area contributed by atoms with E-state index in [4.69, 9.17) is 10.5 Å². The average molecular weight is 373 g/mol. The van der Waals surface area contributed by atoms with Gasteiger partial charge in [-0.1, -0.05) is 42.1 Å². The molecule has 1 saturated heterocycles. The largest absolute Gasteiger partial charge is 0.394 e. The van der Waals surface area contributed by atoms with Gasteiger partial charge in [-0.3, -0.25) is 4.57 Å². The average Bonchev–Trinajstić information content (AvgIpc) is 3.23. The second-order valence-corrected chi connectivity index (χ2v) is 7.06. The summed E-state index contributed by atoms with van der Waals surface area (Å²) in [5.41, 5.74) is 8.27. The Bertz CT molecular complexity index is 904. The zero-order chi connectivity index (χ0) is 18.1. The number of nitrogens with zero attached hydrogens (tertiary/aromatic N) is 4. The zero-order valence-electron chi connectivity index (χ0n) is 13.9. The first kappa shape index (κ1) is 17.2. The number of rotatable bonds is 5. The summed E-state index contributed by atoms with van der Waals surface area (Å²) in [7, 11) is 0. The van der Waals surface area contributed by atoms with Gasteiger partial charge in [0, 0.05) is 12.2 Å². The van der Waals surface area contributed by atoms with Crippen molar-refractivity contribution in [3.8, 4) is 0 Å². The Hall–Kier alpha value is -2.20. The molecule has 0 unspecified atom stereocenters. The van der Waals surface area contributed by atoms with E-state index in [0.29, 0.717) is 22.6 Å². The van der Waals surface area contributed by atoms with Crippen LogP contribution in [0.15, 0.2) is 41.7 Å². The topological polar surface area (TPSA) is 119 Å². The second-order valence-electron chi connectivity index (χ2n) is 6.10. The van der Waals surface area contributed by atoms with Crippen molar-refractivity contribution in [1.29, 1.82) is 0 Å². The van der Waals surface area contributed by atoms with Crippen molar-refractivity contribution in [1.82, 2.24) is 19.5 Å². The van der Waals surface area contributed by atoms with Crippen LogP contribution in [0.5, 0.6) is 0 Å². The molecule has 8 nitrogen and oxygen atoms in total. The van der Waals surface area contributed by atoms with Crippen molar-refractivity contribution in [3.63, 3.8) is 0 Å². The van der Waals surface area contributed by atoms with Crippen molar-refractivity contribution in [2.75, 3.05) is 12.3 Å². The minimum Gasteiger partial charge on any atom is -0.394 e. The summed E-state index contributed by atoms with van der Waals surface area (Å²) in [4.78, 5) is 13.1. The maximum absolute atomic E-state index is 9.97. The molecular formula is C17H19N5O3S. The molecule has 0 saturated carbocycles. The third-order valence-electron chi connectivity index (χ3n) is 4.32. The standard InChI is InChI=1S/C17H19N5O3S/c18-17-20-15-14(16(21-17)26-8-10-4-2-1-3-5-10)19-9-22(15)13-6-11(24)12(7-23)25-13/h1-5,9,11-13,23-24H,6-8H2,(H2,18,20,21)/t11-,12+,13+/m0/s1. The van der Waals surface area contributed by atoms with Crippen LogP contribution in [0.3, 0.4) is 0 Å². The van der Waals surface area contributed by atoms with Crippen LogP contribution >= 0.6 is 11.8 Å². The number of benzene rings is 1. The Labute approximate surface area is 154 Å². The van der Waals surface area contributed by atoms with E-state index in [0.717, 1.165) is 5.75 Å². The highest BCUT2D eigenvalue weighted by atomic mass is 32.2. The van der Waals surface area contributed by atoms with E-state index in [9.17, 15) is 10.2 Å². The molecule has 9 heteroatoms. The molecule has 1 fully saturated rings. The summed E-state index contributed by atoms with van der Waals surface area (Å²) >= 11 is 1.54. The summed E-state index contributed by atoms with van der Waals surface area (Å²) in [5.74, 6) is 0.900. The maximum Gasteiger partial charge on any atom is 0.223 e. The van der Waals surface area contributed by atoms with Crippen LogP contribution in [0.1, 0.15) is 18.2 Å². The van der Waals surface area contributed by atoms with Gasteiger partial charge in [0.05, 0.1) is 19.0 Å². The first-order chi connectivity index (χ1) is 12.7. The van der Waals surface area contributed by atoms with Crippen molar-refractivity contribution in [2.24, 2.45) is 0 Å². The molecule has 0 aliphatic carbocycles. The van der Waals surface area contributed by atoms with Gasteiger partial charge in [0.15, 0.2) is 5.65 Å². The fraction of sp³-hybridized carbons (Fsp3) is 0.353. The van der Waals surface area contributed by atoms with Crippen LogP contribution in [-0.2, 0) is 10.5 Å². The number of nitrogens with two attached hydrogens (primary N) is 1. The normalized spacial score (nSPS) is 22.9. The maximum atomic E-state index is 9.97. The predicted octanol–water partition coefficient (Wildman–Crippen LogP) is 1.34. The van der Waals surface area contributed by atoms with Crippen LogP contribution in [0.2, 0.25) is 0 Å². The lowest BCUT2D eigenvalue weighted by atomic mass is 10.2. The number of nitrogen functional groups attached to an aromatic ring is 1. The van der Waals surface area contributed by atoms with Gasteiger partial charge in [-0.25, -0.2) is 9.97 Å². The molecule has 1 aliphatic heterocycles. The van der Waals surface area contributed by atoms with Crippen molar-refractivity contribution >= 4 is 28.9 Å². The SMILES string of the molecule is Nc1nc(SCc2ccccc2)c2ncn([C@H]3C[C@H](O)[C@@H](CO)O3)c2n1. The number of anilines is 1. The van der Waals surface area contributed by atoms with Gasteiger partial charge in [-0.05, 0) is 5.56 Å². The van der Waals surface area contributed by atoms with E-state index < -0.39 is 18.4 Å². The Kier molecular flexibility index (Phi) is 4.77. The Morgan fingerprint density at radius 1 is 1.27 bits per heavy atom. The summed E-state index contributed by atoms with van der Waals surface area (Å²) in [5, 5.41) is 19.9. The Morgan fingerprint density at radius 3 is 2.81 bits per heavy atom. The number of thioether (sulfide) groups is 1. The van der Waals surface area contributed by atoms with E-state index >= 15 is 0 Å². The molecule has 1 aromatic carbocycles. The second kappa shape index (κ2) is 7.20. The van der Waals surface area contributed by atoms with Crippen molar-refractivity contribution in [3.05, 3.63) is 42.2 Å². The van der Waals surface area contributed by atoms with Gasteiger partial charge in [0.2, 0.25) is 5.95 Å². The first-order valence-electron chi connectivity index (χ1n) is 8.27. The van der Waals surface area contributed by atoms with Gasteiger partial charge >= 0.3 is 0 Å². The van der Waals surface area contributed by atoms with Crippen molar-refractivity contribution < 1.29 is 14.9 Å². The number of aliphatic hydroxyl groups excluding tert-OH is 2. The Balaban J connectivity index is 1.63. The van der Waals surface area contributed by atoms with Crippen LogP contribution < -0.4 is 5.73 Å². The molecule has 3 aromatic rings. The molecule has 26 heavy (non-hydrogen) atoms. The summed E-state index contributed by atoms with van der Waals surface area (Å²) in [6, 6.07) is 10.1. The molecule has 2 aromatic heterocycles. The minimum absolute atomic E-state index is 0.159. The monoisotopic (exact) mass is 373 g/mol. The van der Waals surface area contributed by atoms with E-state index in [2.05, 4.69) is 27.1 Å². The number of fused-ring (bicyclic) bond motifs is 1. The van der Waals surface area contributed by atoms with Crippen LogP contribution in [-0.4, -0.2) is 48.5 Å². The lowest BCUT2D eigenvalue weighted by molar-refractivity contribution is -0.0432. The molecular weight excluding hydrogens is 354 g/mol. The highest BCUT2D eigenvalue weighted by Gasteiger charge is 2.35. The highest BCUT2D eigenvalue weighted by molar-refractivity contribution is 7.98. The number of ether oxygens (including phenoxy) is 1. The molecule has 4 N–H and O–H groups in total. The van der Waals surface area contributed by atoms with E-state index in [1.54, 1.807) is 22.7 Å². The summed E-state index contributed by atoms with van der Waals surface area (Å²) < 4.78 is 7.43. The number of hydrogen-bond acceptors (Lipinski definition) is 8. The molecule has 0 radical (unpaired) electrons. The minimum atomic E-state index is -0.728. The number of aromatic nitrogens is 4. The lowest BCUT2D eigenvalue weighted by Gasteiger charge is -2.13. The zero-order valence-corrected chi connectivity index (χ0v) is 14.7. The molecule has 3 heterocycles. The van der Waals surface area contributed by atoms with Crippen LogP contribution in [0, 0.1) is 0 Å². The number of aliphatic hydroxyl groups is 2. The van der Waals surface area contributed by atoms with E-state index in [1.807, 2.05) is 18.2 Å². The first-order valence-corrected chi connectivity index (χ1v) is 9.25. The molecule has 3 atom stereocenters. The lowest BCUT2D eigenvalue weighted by Crippen LogP contribution is -2.24. The predicted molar refractivity (Wildman–Crippen MR) is 97.4 cm³/mol. The van der Waals surface area contributed by atoms with Crippen LogP contribution in [0.25, 0.3) is 11.2 Å². The molecule has 0 bridgehead atoms. The Morgan fingerprint density at radius 2 is 2.08 bits per heavy atom. The third kappa shape index (κ3) is 3.26. The highest BCUT2D eigenvalue weighted by Crippen LogP contribution is 2.33. The molecule has 0 amide bonds. The molecule has 136 valence electrons. The van der Waals surface area contributed by atoms with E-state index in [-0.39, 0.29) is 12.6 Å².